The second-order valence-electron chi connectivity index (χ2n) is 11.8. The first-order valence-electron chi connectivity index (χ1n) is 15.3. The van der Waals surface area contributed by atoms with Crippen molar-refractivity contribution in [2.24, 2.45) is 17.8 Å². The first-order chi connectivity index (χ1) is 21.6. The zero-order chi connectivity index (χ0) is 30.0. The fraction of sp³-hybridized carbons (Fsp3) is 0.119. The maximum absolute atomic E-state index is 15.3. The number of Topliss-reactive ketones (excluding diaryl/α,β-unsaturated/α-hetero) is 1. The van der Waals surface area contributed by atoms with Crippen LogP contribution in [0.15, 0.2) is 162 Å². The maximum Gasteiger partial charge on any atom is 0.171 e. The quantitative estimate of drug-likeness (QED) is 0.182. The van der Waals surface area contributed by atoms with Crippen LogP contribution in [0.1, 0.15) is 29.5 Å². The van der Waals surface area contributed by atoms with E-state index in [1.807, 2.05) is 18.2 Å². The minimum absolute atomic E-state index is 0.0617. The lowest BCUT2D eigenvalue weighted by molar-refractivity contribution is -0.117. The van der Waals surface area contributed by atoms with E-state index in [1.165, 1.54) is 0 Å². The number of carbonyl (C=O) groups is 1. The van der Waals surface area contributed by atoms with Gasteiger partial charge >= 0.3 is 0 Å². The fourth-order valence-corrected chi connectivity index (χ4v) is 7.69. The van der Waals surface area contributed by atoms with Crippen molar-refractivity contribution in [3.8, 4) is 22.3 Å². The van der Waals surface area contributed by atoms with Crippen molar-refractivity contribution in [1.29, 1.82) is 0 Å². The number of halogens is 1. The Morgan fingerprint density at radius 1 is 0.568 bits per heavy atom. The summed E-state index contributed by atoms with van der Waals surface area (Å²) in [7, 11) is 0. The highest BCUT2D eigenvalue weighted by atomic mass is 79.9. The van der Waals surface area contributed by atoms with Crippen LogP contribution in [0.5, 0.6) is 0 Å². The number of benzene rings is 5. The first kappa shape index (κ1) is 28.3. The lowest BCUT2D eigenvalue weighted by atomic mass is 9.60. The molecule has 214 valence electrons. The molecule has 2 aliphatic rings. The minimum Gasteiger partial charge on any atom is -0.293 e. The minimum atomic E-state index is -0.298. The molecule has 0 saturated heterocycles. The number of ketones is 1. The Bertz CT molecular complexity index is 1900. The third-order valence-electron chi connectivity index (χ3n) is 9.21. The van der Waals surface area contributed by atoms with Gasteiger partial charge in [0.1, 0.15) is 0 Å². The molecule has 2 heteroatoms. The van der Waals surface area contributed by atoms with Crippen molar-refractivity contribution in [3.63, 3.8) is 0 Å². The molecule has 3 atom stereocenters. The SMILES string of the molecule is CC1C(c2ccccc2Br)=C(c2cccc(-c3ccccc3)c2)C(=O)C(c2cccc(-c3ccccc3)c2)C1C1C=CC=C1. The van der Waals surface area contributed by atoms with Crippen LogP contribution < -0.4 is 0 Å². The highest BCUT2D eigenvalue weighted by Crippen LogP contribution is 2.53. The predicted octanol–water partition coefficient (Wildman–Crippen LogP) is 11.1. The largest absolute Gasteiger partial charge is 0.293 e. The molecule has 0 radical (unpaired) electrons. The molecule has 0 saturated carbocycles. The molecule has 2 aliphatic carbocycles. The average Bonchev–Trinajstić information content (AvgIpc) is 3.61. The summed E-state index contributed by atoms with van der Waals surface area (Å²) in [6.45, 7) is 2.32. The number of hydrogen-bond donors (Lipinski definition) is 0. The zero-order valence-electron chi connectivity index (χ0n) is 24.6. The third kappa shape index (κ3) is 5.25. The van der Waals surface area contributed by atoms with Gasteiger partial charge in [0.05, 0.1) is 5.92 Å². The lowest BCUT2D eigenvalue weighted by Crippen LogP contribution is -2.37. The molecular formula is C42H33BrO. The van der Waals surface area contributed by atoms with Crippen LogP contribution in [0.3, 0.4) is 0 Å². The molecule has 0 amide bonds. The molecule has 5 aromatic rings. The van der Waals surface area contributed by atoms with Gasteiger partial charge in [-0.2, -0.15) is 0 Å². The third-order valence-corrected chi connectivity index (χ3v) is 9.90. The molecule has 0 aliphatic heterocycles. The molecule has 1 nitrogen and oxygen atoms in total. The molecule has 3 unspecified atom stereocenters. The van der Waals surface area contributed by atoms with E-state index in [4.69, 9.17) is 0 Å². The van der Waals surface area contributed by atoms with Crippen LogP contribution in [0.2, 0.25) is 0 Å². The van der Waals surface area contributed by atoms with E-state index >= 15 is 4.79 Å². The standard InChI is InChI=1S/C42H33BrO/c1-28-38(31-18-8-9-19-31)40(34-22-12-20-32(26-34)29-14-4-2-5-15-29)42(44)41(39(28)36-24-10-11-25-37(36)43)35-23-13-21-33(27-35)30-16-6-3-7-17-30/h2-28,31,38,40H,1H3. The van der Waals surface area contributed by atoms with Crippen LogP contribution in [-0.2, 0) is 4.79 Å². The summed E-state index contributed by atoms with van der Waals surface area (Å²) in [6, 6.07) is 46.3. The van der Waals surface area contributed by atoms with Crippen LogP contribution in [0, 0.1) is 17.8 Å². The summed E-state index contributed by atoms with van der Waals surface area (Å²) in [4.78, 5) is 15.3. The second kappa shape index (κ2) is 12.2. The van der Waals surface area contributed by atoms with E-state index in [9.17, 15) is 0 Å². The Morgan fingerprint density at radius 3 is 1.77 bits per heavy atom. The number of allylic oxidation sites excluding steroid dienone is 6. The van der Waals surface area contributed by atoms with Crippen LogP contribution in [0.25, 0.3) is 33.4 Å². The Hall–Kier alpha value is -4.53. The first-order valence-corrected chi connectivity index (χ1v) is 16.1. The van der Waals surface area contributed by atoms with E-state index in [-0.39, 0.29) is 29.5 Å². The van der Waals surface area contributed by atoms with Crippen molar-refractivity contribution in [1.82, 2.24) is 0 Å². The monoisotopic (exact) mass is 632 g/mol. The number of rotatable bonds is 6. The van der Waals surface area contributed by atoms with Gasteiger partial charge < -0.3 is 0 Å². The zero-order valence-corrected chi connectivity index (χ0v) is 26.2. The van der Waals surface area contributed by atoms with Crippen molar-refractivity contribution in [2.45, 2.75) is 12.8 Å². The molecule has 0 fully saturated rings. The molecule has 0 spiro atoms. The van der Waals surface area contributed by atoms with Gasteiger partial charge in [-0.05, 0) is 74.4 Å². The Morgan fingerprint density at radius 2 is 1.11 bits per heavy atom. The van der Waals surface area contributed by atoms with Crippen molar-refractivity contribution >= 4 is 32.9 Å². The molecule has 44 heavy (non-hydrogen) atoms. The van der Waals surface area contributed by atoms with E-state index in [2.05, 4.69) is 162 Å². The van der Waals surface area contributed by atoms with Gasteiger partial charge in [-0.25, -0.2) is 0 Å². The van der Waals surface area contributed by atoms with Crippen LogP contribution in [-0.4, -0.2) is 5.78 Å². The summed E-state index contributed by atoms with van der Waals surface area (Å²) >= 11 is 3.86. The van der Waals surface area contributed by atoms with Gasteiger partial charge in [0.15, 0.2) is 5.78 Å². The Labute approximate surface area is 268 Å². The second-order valence-corrected chi connectivity index (χ2v) is 12.6. The molecule has 0 aromatic heterocycles. The van der Waals surface area contributed by atoms with Gasteiger partial charge in [0.25, 0.3) is 0 Å². The normalized spacial score (nSPS) is 20.0. The molecule has 7 rings (SSSR count). The summed E-state index contributed by atoms with van der Waals surface area (Å²) in [5.74, 6) is 0.209. The summed E-state index contributed by atoms with van der Waals surface area (Å²) in [6.07, 6.45) is 8.78. The van der Waals surface area contributed by atoms with E-state index in [0.717, 1.165) is 54.6 Å². The highest BCUT2D eigenvalue weighted by Gasteiger charge is 2.46. The molecule has 0 N–H and O–H groups in total. The number of carbonyl (C=O) groups excluding carboxylic acids is 1. The predicted molar refractivity (Wildman–Crippen MR) is 187 cm³/mol. The highest BCUT2D eigenvalue weighted by molar-refractivity contribution is 9.10. The lowest BCUT2D eigenvalue weighted by Gasteiger charge is -2.42. The van der Waals surface area contributed by atoms with E-state index < -0.39 is 0 Å². The summed E-state index contributed by atoms with van der Waals surface area (Å²) in [5.41, 5.74) is 9.59. The average molecular weight is 634 g/mol. The Balaban J connectivity index is 1.47. The van der Waals surface area contributed by atoms with Crippen LogP contribution >= 0.6 is 15.9 Å². The Kier molecular flexibility index (Phi) is 7.85. The van der Waals surface area contributed by atoms with E-state index in [1.54, 1.807) is 0 Å². The molecular weight excluding hydrogens is 600 g/mol. The van der Waals surface area contributed by atoms with Crippen molar-refractivity contribution < 1.29 is 4.79 Å². The van der Waals surface area contributed by atoms with Gasteiger partial charge in [0, 0.05) is 10.0 Å². The van der Waals surface area contributed by atoms with E-state index in [0.29, 0.717) is 0 Å². The van der Waals surface area contributed by atoms with Gasteiger partial charge in [-0.1, -0.05) is 168 Å². The van der Waals surface area contributed by atoms with Gasteiger partial charge in [-0.3, -0.25) is 4.79 Å². The van der Waals surface area contributed by atoms with Gasteiger partial charge in [-0.15, -0.1) is 0 Å². The smallest absolute Gasteiger partial charge is 0.171 e. The topological polar surface area (TPSA) is 17.1 Å². The summed E-state index contributed by atoms with van der Waals surface area (Å²) in [5, 5.41) is 0. The maximum atomic E-state index is 15.3. The number of hydrogen-bond acceptors (Lipinski definition) is 1. The van der Waals surface area contributed by atoms with Crippen LogP contribution in [0.4, 0.5) is 0 Å². The van der Waals surface area contributed by atoms with Crippen molar-refractivity contribution in [3.05, 3.63) is 179 Å². The van der Waals surface area contributed by atoms with Gasteiger partial charge in [0.2, 0.25) is 0 Å². The fourth-order valence-electron chi connectivity index (χ4n) is 7.19. The summed E-state index contributed by atoms with van der Waals surface area (Å²) < 4.78 is 1.01. The van der Waals surface area contributed by atoms with Crippen molar-refractivity contribution in [2.75, 3.05) is 0 Å². The molecule has 5 aromatic carbocycles. The molecule has 0 heterocycles. The molecule has 0 bridgehead atoms.